The number of primary amides is 4. The summed E-state index contributed by atoms with van der Waals surface area (Å²) in [6, 6.07) is 10.5. The number of amides is 8. The maximum absolute atomic E-state index is 11.7. The van der Waals surface area contributed by atoms with Gasteiger partial charge in [0.05, 0.1) is 45.0 Å². The summed E-state index contributed by atoms with van der Waals surface area (Å²) >= 11 is 0. The monoisotopic (exact) mass is 794 g/mol. The first-order chi connectivity index (χ1) is 26.1. The van der Waals surface area contributed by atoms with Crippen LogP contribution in [0.4, 0.5) is 41.9 Å². The van der Waals surface area contributed by atoms with E-state index in [0.29, 0.717) is 20.0 Å². The van der Waals surface area contributed by atoms with Crippen LogP contribution in [0.15, 0.2) is 72.8 Å². The number of urea groups is 4. The molecule has 300 valence electrons. The third kappa shape index (κ3) is 10.00. The fraction of sp³-hybridized carbons (Fsp3) is 0. The van der Waals surface area contributed by atoms with Crippen LogP contribution in [0.3, 0.4) is 0 Å². The summed E-state index contributed by atoms with van der Waals surface area (Å²) in [7, 11) is 0. The van der Waals surface area contributed by atoms with Gasteiger partial charge in [0.1, 0.15) is 0 Å². The van der Waals surface area contributed by atoms with Gasteiger partial charge in [-0.3, -0.25) is 0 Å². The third-order valence-corrected chi connectivity index (χ3v) is 7.58. The van der Waals surface area contributed by atoms with E-state index in [0.717, 1.165) is 24.3 Å². The molecule has 0 aromatic heterocycles. The van der Waals surface area contributed by atoms with Gasteiger partial charge in [0, 0.05) is 0 Å². The first kappa shape index (κ1) is 44.8. The number of hydrogen-bond donors (Lipinski definition) is 12. The second-order valence-electron chi connectivity index (χ2n) is 11.0. The predicted molar refractivity (Wildman–Crippen MR) is 200 cm³/mol. The van der Waals surface area contributed by atoms with Crippen LogP contribution >= 0.6 is 0 Å². The van der Waals surface area contributed by atoms with Crippen LogP contribution in [0.2, 0.25) is 0 Å². The van der Waals surface area contributed by atoms with E-state index in [1.165, 1.54) is 48.5 Å². The molecule has 0 aliphatic heterocycles. The molecule has 0 bridgehead atoms. The molecule has 4 rings (SSSR count). The maximum atomic E-state index is 11.7. The molecule has 0 saturated carbocycles. The number of carbonyl (C=O) groups excluding carboxylic acids is 4. The fourth-order valence-electron chi connectivity index (χ4n) is 4.88. The molecule has 0 aliphatic carbocycles. The quantitative estimate of drug-likeness (QED) is 0.0557. The van der Waals surface area contributed by atoms with Crippen molar-refractivity contribution in [2.75, 3.05) is 20.0 Å². The number of rotatable bonds is 10. The number of carboxylic acid groups (broad SMARTS) is 4. The van der Waals surface area contributed by atoms with Gasteiger partial charge in [0.2, 0.25) is 0 Å². The van der Waals surface area contributed by atoms with Gasteiger partial charge in [-0.05, 0) is 70.8 Å². The first-order valence-corrected chi connectivity index (χ1v) is 15.0. The van der Waals surface area contributed by atoms with Crippen LogP contribution in [-0.2, 0) is 0 Å². The molecule has 0 atom stereocenters. The molecule has 0 heterocycles. The van der Waals surface area contributed by atoms with Crippen LogP contribution in [0.5, 0.6) is 0 Å². The lowest BCUT2D eigenvalue weighted by Gasteiger charge is -2.18. The Morgan fingerprint density at radius 2 is 0.509 bits per heavy atom. The molecular weight excluding hydrogens is 760 g/mol. The Hall–Kier alpha value is -8.36. The van der Waals surface area contributed by atoms with Crippen molar-refractivity contribution in [3.8, 4) is 22.3 Å². The van der Waals surface area contributed by atoms with Gasteiger partial charge in [-0.15, -0.1) is 0 Å². The lowest BCUT2D eigenvalue weighted by molar-refractivity contribution is 0.0684. The Morgan fingerprint density at radius 3 is 0.632 bits per heavy atom. The lowest BCUT2D eigenvalue weighted by atomic mass is 9.94. The van der Waals surface area contributed by atoms with Crippen LogP contribution in [0.1, 0.15) is 41.4 Å². The SMILES string of the molecule is NC(=O)N(N)c1ccc(-c2ccc(N(N)C(N)=O)cc2C(=O)O)c(C(=O)O)c1.NC(=O)N(N)c1ccc(-c2ccc(N(N)C(N)=O)cc2C(=O)O)c(C(=O)O)c1.O. The van der Waals surface area contributed by atoms with Gasteiger partial charge in [-0.2, -0.15) is 0 Å². The molecule has 0 fully saturated rings. The highest BCUT2D eigenvalue weighted by molar-refractivity contribution is 6.06. The van der Waals surface area contributed by atoms with Crippen molar-refractivity contribution in [1.82, 2.24) is 0 Å². The molecule has 0 radical (unpaired) electrons. The number of hydrogen-bond acceptors (Lipinski definition) is 12. The van der Waals surface area contributed by atoms with Crippen molar-refractivity contribution in [2.24, 2.45) is 46.3 Å². The second kappa shape index (κ2) is 18.1. The maximum Gasteiger partial charge on any atom is 0.336 e. The normalized spacial score (nSPS) is 10.0. The van der Waals surface area contributed by atoms with Crippen LogP contribution in [-0.4, -0.2) is 73.9 Å². The zero-order chi connectivity index (χ0) is 42.3. The van der Waals surface area contributed by atoms with Gasteiger partial charge in [-0.1, -0.05) is 24.3 Å². The van der Waals surface area contributed by atoms with Crippen molar-refractivity contribution < 1.29 is 64.3 Å². The van der Waals surface area contributed by atoms with E-state index in [2.05, 4.69) is 0 Å². The van der Waals surface area contributed by atoms with E-state index in [1.54, 1.807) is 0 Å². The van der Waals surface area contributed by atoms with Crippen molar-refractivity contribution >= 4 is 70.8 Å². The van der Waals surface area contributed by atoms with Gasteiger partial charge in [-0.25, -0.2) is 81.8 Å². The number of benzene rings is 4. The predicted octanol–water partition coefficient (Wildman–Crippen LogP) is -0.289. The first-order valence-electron chi connectivity index (χ1n) is 15.0. The van der Waals surface area contributed by atoms with Gasteiger partial charge >= 0.3 is 48.0 Å². The highest BCUT2D eigenvalue weighted by Crippen LogP contribution is 2.34. The van der Waals surface area contributed by atoms with E-state index < -0.39 is 48.0 Å². The Bertz CT molecular complexity index is 1990. The minimum absolute atomic E-state index is 0. The number of hydrazine groups is 4. The van der Waals surface area contributed by atoms with Gasteiger partial charge < -0.3 is 48.8 Å². The summed E-state index contributed by atoms with van der Waals surface area (Å²) in [6.07, 6.45) is 0. The topological polar surface area (TPSA) is 470 Å². The smallest absolute Gasteiger partial charge is 0.336 e. The number of aromatic carboxylic acids is 4. The molecule has 57 heavy (non-hydrogen) atoms. The summed E-state index contributed by atoms with van der Waals surface area (Å²) in [5.74, 6) is 16.3. The van der Waals surface area contributed by atoms with Gasteiger partial charge in [0.15, 0.2) is 0 Å². The standard InChI is InChI=1S/2C16H16N6O6.H2O/c2*17-15(27)21(19)7-1-3-9(11(5-7)13(23)24)10-4-2-8(22(20)16(18)28)6-12(10)14(25)26;/h2*1-6H,19-20H2,(H2,17,27)(H2,18,28)(H,23,24)(H,25,26);1H2. The third-order valence-electron chi connectivity index (χ3n) is 7.58. The Balaban J connectivity index is 0.000000387. The number of carboxylic acids is 4. The Kier molecular flexibility index (Phi) is 14.2. The number of carbonyl (C=O) groups is 8. The van der Waals surface area contributed by atoms with Gasteiger partial charge in [0.25, 0.3) is 0 Å². The van der Waals surface area contributed by atoms with Crippen molar-refractivity contribution in [1.29, 1.82) is 0 Å². The number of anilines is 4. The summed E-state index contributed by atoms with van der Waals surface area (Å²) in [5.41, 5.74) is 19.0. The molecule has 0 unspecified atom stereocenters. The minimum atomic E-state index is -1.40. The molecule has 25 heteroatoms. The zero-order valence-electron chi connectivity index (χ0n) is 28.9. The highest BCUT2D eigenvalue weighted by Gasteiger charge is 2.24. The lowest BCUT2D eigenvalue weighted by Crippen LogP contribution is -2.41. The average molecular weight is 795 g/mol. The van der Waals surface area contributed by atoms with E-state index >= 15 is 0 Å². The van der Waals surface area contributed by atoms with Crippen molar-refractivity contribution in [3.63, 3.8) is 0 Å². The molecule has 25 nitrogen and oxygen atoms in total. The van der Waals surface area contributed by atoms with Crippen LogP contribution in [0, 0.1) is 0 Å². The molecule has 0 spiro atoms. The highest BCUT2D eigenvalue weighted by atomic mass is 16.4. The summed E-state index contributed by atoms with van der Waals surface area (Å²) < 4.78 is 0. The number of nitrogens with two attached hydrogens (primary N) is 8. The Morgan fingerprint density at radius 1 is 0.351 bits per heavy atom. The molecular formula is C32H34N12O13. The zero-order valence-corrected chi connectivity index (χ0v) is 28.9. The summed E-state index contributed by atoms with van der Waals surface area (Å²) in [6.45, 7) is 0. The van der Waals surface area contributed by atoms with Crippen molar-refractivity contribution in [3.05, 3.63) is 95.1 Å². The van der Waals surface area contributed by atoms with Crippen LogP contribution in [0.25, 0.3) is 22.3 Å². The summed E-state index contributed by atoms with van der Waals surface area (Å²) in [4.78, 5) is 91.4. The summed E-state index contributed by atoms with van der Waals surface area (Å²) in [5, 5.41) is 40.2. The second-order valence-corrected chi connectivity index (χ2v) is 11.0. The molecule has 0 saturated heterocycles. The van der Waals surface area contributed by atoms with Crippen LogP contribution < -0.4 is 66.3 Å². The molecule has 22 N–H and O–H groups in total. The molecule has 8 amide bonds. The molecule has 4 aromatic rings. The van der Waals surface area contributed by atoms with E-state index in [4.69, 9.17) is 46.3 Å². The Labute approximate surface area is 318 Å². The number of nitrogens with zero attached hydrogens (tertiary/aromatic N) is 4. The van der Waals surface area contributed by atoms with E-state index in [-0.39, 0.29) is 72.7 Å². The fourth-order valence-corrected chi connectivity index (χ4v) is 4.88. The molecule has 0 aliphatic rings. The largest absolute Gasteiger partial charge is 0.478 e. The van der Waals surface area contributed by atoms with E-state index in [9.17, 15) is 58.8 Å². The van der Waals surface area contributed by atoms with Crippen molar-refractivity contribution in [2.45, 2.75) is 0 Å². The van der Waals surface area contributed by atoms with E-state index in [1.807, 2.05) is 0 Å². The molecule has 4 aromatic carbocycles. The minimum Gasteiger partial charge on any atom is -0.478 e. The average Bonchev–Trinajstić information content (AvgIpc) is 3.15.